The SMILES string of the molecule is O=C(O)NC1CCOc2ccc(-c3ccc(C(F)(F)F)cc3)cc21. The Balaban J connectivity index is 1.94. The number of carboxylic acid groups (broad SMARTS) is 1. The minimum absolute atomic E-state index is 0.400. The van der Waals surface area contributed by atoms with Crippen molar-refractivity contribution in [3.8, 4) is 16.9 Å². The van der Waals surface area contributed by atoms with Crippen LogP contribution in [-0.2, 0) is 6.18 Å². The molecule has 2 aromatic rings. The third-order valence-electron chi connectivity index (χ3n) is 3.89. The molecule has 24 heavy (non-hydrogen) atoms. The highest BCUT2D eigenvalue weighted by Gasteiger charge is 2.30. The lowest BCUT2D eigenvalue weighted by atomic mass is 9.95. The smallest absolute Gasteiger partial charge is 0.416 e. The van der Waals surface area contributed by atoms with Crippen molar-refractivity contribution in [3.05, 3.63) is 53.6 Å². The van der Waals surface area contributed by atoms with Gasteiger partial charge in [-0.05, 0) is 35.4 Å². The highest BCUT2D eigenvalue weighted by Crippen LogP contribution is 2.36. The minimum Gasteiger partial charge on any atom is -0.493 e. The molecular weight excluding hydrogens is 323 g/mol. The summed E-state index contributed by atoms with van der Waals surface area (Å²) in [4.78, 5) is 10.9. The number of hydrogen-bond donors (Lipinski definition) is 2. The van der Waals surface area contributed by atoms with Gasteiger partial charge in [0.1, 0.15) is 5.75 Å². The number of amides is 1. The second kappa shape index (κ2) is 6.07. The summed E-state index contributed by atoms with van der Waals surface area (Å²) in [5.41, 5.74) is 1.29. The topological polar surface area (TPSA) is 58.6 Å². The van der Waals surface area contributed by atoms with E-state index in [1.165, 1.54) is 12.1 Å². The molecule has 0 saturated carbocycles. The number of fused-ring (bicyclic) bond motifs is 1. The quantitative estimate of drug-likeness (QED) is 0.850. The third kappa shape index (κ3) is 3.29. The van der Waals surface area contributed by atoms with Gasteiger partial charge in [-0.2, -0.15) is 13.2 Å². The number of carbonyl (C=O) groups is 1. The van der Waals surface area contributed by atoms with Crippen molar-refractivity contribution in [2.24, 2.45) is 0 Å². The second-order valence-corrected chi connectivity index (χ2v) is 5.47. The van der Waals surface area contributed by atoms with Crippen molar-refractivity contribution < 1.29 is 27.8 Å². The van der Waals surface area contributed by atoms with E-state index < -0.39 is 23.9 Å². The van der Waals surface area contributed by atoms with Gasteiger partial charge in [0.05, 0.1) is 18.2 Å². The van der Waals surface area contributed by atoms with Crippen LogP contribution in [0.1, 0.15) is 23.6 Å². The van der Waals surface area contributed by atoms with Crippen LogP contribution in [0.2, 0.25) is 0 Å². The standard InChI is InChI=1S/C17H14F3NO3/c18-17(19,20)12-4-1-10(2-5-12)11-3-6-15-13(9-11)14(7-8-24-15)21-16(22)23/h1-6,9,14,21H,7-8H2,(H,22,23). The van der Waals surface area contributed by atoms with Gasteiger partial charge < -0.3 is 15.2 Å². The van der Waals surface area contributed by atoms with Crippen LogP contribution in [0.15, 0.2) is 42.5 Å². The fourth-order valence-corrected chi connectivity index (χ4v) is 2.72. The average molecular weight is 337 g/mol. The van der Waals surface area contributed by atoms with E-state index in [9.17, 15) is 18.0 Å². The molecule has 4 nitrogen and oxygen atoms in total. The molecule has 1 amide bonds. The van der Waals surface area contributed by atoms with Crippen LogP contribution in [0.25, 0.3) is 11.1 Å². The van der Waals surface area contributed by atoms with Crippen LogP contribution < -0.4 is 10.1 Å². The van der Waals surface area contributed by atoms with Crippen molar-refractivity contribution in [3.63, 3.8) is 0 Å². The Hall–Kier alpha value is -2.70. The van der Waals surface area contributed by atoms with Crippen LogP contribution in [0, 0.1) is 0 Å². The average Bonchev–Trinajstić information content (AvgIpc) is 2.54. The van der Waals surface area contributed by atoms with E-state index in [4.69, 9.17) is 9.84 Å². The van der Waals surface area contributed by atoms with Crippen LogP contribution in [0.4, 0.5) is 18.0 Å². The molecule has 1 heterocycles. The molecular formula is C17H14F3NO3. The molecule has 1 unspecified atom stereocenters. The number of benzene rings is 2. The van der Waals surface area contributed by atoms with Crippen molar-refractivity contribution in [1.29, 1.82) is 0 Å². The first-order valence-corrected chi connectivity index (χ1v) is 7.28. The first-order valence-electron chi connectivity index (χ1n) is 7.28. The molecule has 1 aliphatic heterocycles. The van der Waals surface area contributed by atoms with Gasteiger partial charge in [-0.25, -0.2) is 4.79 Å². The van der Waals surface area contributed by atoms with Crippen LogP contribution in [0.3, 0.4) is 0 Å². The highest BCUT2D eigenvalue weighted by atomic mass is 19.4. The van der Waals surface area contributed by atoms with Crippen molar-refractivity contribution in [2.45, 2.75) is 18.6 Å². The number of rotatable bonds is 2. The number of ether oxygens (including phenoxy) is 1. The summed E-state index contributed by atoms with van der Waals surface area (Å²) in [5.74, 6) is 0.579. The highest BCUT2D eigenvalue weighted by molar-refractivity contribution is 5.69. The summed E-state index contributed by atoms with van der Waals surface area (Å²) in [6.07, 6.45) is -5.01. The van der Waals surface area contributed by atoms with E-state index in [0.29, 0.717) is 35.5 Å². The van der Waals surface area contributed by atoms with Gasteiger partial charge in [0.2, 0.25) is 0 Å². The molecule has 1 atom stereocenters. The zero-order valence-corrected chi connectivity index (χ0v) is 12.4. The summed E-state index contributed by atoms with van der Waals surface area (Å²) in [5, 5.41) is 11.4. The Labute approximate surface area is 135 Å². The molecule has 0 aliphatic carbocycles. The maximum Gasteiger partial charge on any atom is 0.416 e. The first kappa shape index (κ1) is 16.2. The fourth-order valence-electron chi connectivity index (χ4n) is 2.72. The molecule has 7 heteroatoms. The fraction of sp³-hybridized carbons (Fsp3) is 0.235. The number of alkyl halides is 3. The zero-order valence-electron chi connectivity index (χ0n) is 12.4. The predicted octanol–water partition coefficient (Wildman–Crippen LogP) is 4.46. The Morgan fingerprint density at radius 3 is 2.42 bits per heavy atom. The Kier molecular flexibility index (Phi) is 4.09. The molecule has 2 aromatic carbocycles. The maximum absolute atomic E-state index is 12.6. The molecule has 0 radical (unpaired) electrons. The normalized spacial score (nSPS) is 16.9. The molecule has 1 aliphatic rings. The van der Waals surface area contributed by atoms with Crippen LogP contribution >= 0.6 is 0 Å². The van der Waals surface area contributed by atoms with Gasteiger partial charge in [0, 0.05) is 12.0 Å². The molecule has 2 N–H and O–H groups in total. The summed E-state index contributed by atoms with van der Waals surface area (Å²) < 4.78 is 43.4. The predicted molar refractivity (Wildman–Crippen MR) is 80.9 cm³/mol. The molecule has 3 rings (SSSR count). The van der Waals surface area contributed by atoms with Gasteiger partial charge in [-0.15, -0.1) is 0 Å². The van der Waals surface area contributed by atoms with Crippen molar-refractivity contribution in [1.82, 2.24) is 5.32 Å². The molecule has 0 fully saturated rings. The van der Waals surface area contributed by atoms with Crippen molar-refractivity contribution in [2.75, 3.05) is 6.61 Å². The largest absolute Gasteiger partial charge is 0.493 e. The summed E-state index contributed by atoms with van der Waals surface area (Å²) >= 11 is 0. The Morgan fingerprint density at radius 2 is 1.79 bits per heavy atom. The number of hydrogen-bond acceptors (Lipinski definition) is 2. The van der Waals surface area contributed by atoms with Crippen LogP contribution in [-0.4, -0.2) is 17.8 Å². The first-order chi connectivity index (χ1) is 11.3. The minimum atomic E-state index is -4.38. The van der Waals surface area contributed by atoms with E-state index >= 15 is 0 Å². The lowest BCUT2D eigenvalue weighted by Crippen LogP contribution is -2.30. The zero-order chi connectivity index (χ0) is 17.3. The van der Waals surface area contributed by atoms with E-state index in [-0.39, 0.29) is 0 Å². The van der Waals surface area contributed by atoms with Gasteiger partial charge >= 0.3 is 12.3 Å². The third-order valence-corrected chi connectivity index (χ3v) is 3.89. The lowest BCUT2D eigenvalue weighted by molar-refractivity contribution is -0.137. The van der Waals surface area contributed by atoms with E-state index in [1.807, 2.05) is 0 Å². The number of nitrogens with one attached hydrogen (secondary N) is 1. The van der Waals surface area contributed by atoms with E-state index in [2.05, 4.69) is 5.32 Å². The summed E-state index contributed by atoms with van der Waals surface area (Å²) in [6.45, 7) is 0.400. The van der Waals surface area contributed by atoms with Crippen molar-refractivity contribution >= 4 is 6.09 Å². The molecule has 126 valence electrons. The monoisotopic (exact) mass is 337 g/mol. The van der Waals surface area contributed by atoms with Gasteiger partial charge in [0.25, 0.3) is 0 Å². The molecule has 0 spiro atoms. The lowest BCUT2D eigenvalue weighted by Gasteiger charge is -2.26. The molecule has 0 aromatic heterocycles. The van der Waals surface area contributed by atoms with E-state index in [0.717, 1.165) is 12.1 Å². The van der Waals surface area contributed by atoms with Gasteiger partial charge in [0.15, 0.2) is 0 Å². The molecule has 0 saturated heterocycles. The molecule has 0 bridgehead atoms. The Morgan fingerprint density at radius 1 is 1.12 bits per heavy atom. The maximum atomic E-state index is 12.6. The van der Waals surface area contributed by atoms with Crippen LogP contribution in [0.5, 0.6) is 5.75 Å². The number of halogens is 3. The van der Waals surface area contributed by atoms with Gasteiger partial charge in [-0.1, -0.05) is 18.2 Å². The second-order valence-electron chi connectivity index (χ2n) is 5.47. The Bertz CT molecular complexity index is 757. The summed E-state index contributed by atoms with van der Waals surface area (Å²) in [7, 11) is 0. The van der Waals surface area contributed by atoms with Gasteiger partial charge in [-0.3, -0.25) is 0 Å². The van der Waals surface area contributed by atoms with E-state index in [1.54, 1.807) is 18.2 Å². The summed E-state index contributed by atoms with van der Waals surface area (Å²) in [6, 6.07) is 9.64.